The molecule has 2 aromatic carbocycles. The molecule has 0 spiro atoms. The van der Waals surface area contributed by atoms with Gasteiger partial charge in [0.2, 0.25) is 0 Å². The van der Waals surface area contributed by atoms with Crippen LogP contribution < -0.4 is 5.73 Å². The normalized spacial score (nSPS) is 10.6. The third-order valence-electron chi connectivity index (χ3n) is 3.33. The second-order valence-electron chi connectivity index (χ2n) is 4.84. The highest BCUT2D eigenvalue weighted by Crippen LogP contribution is 2.29. The van der Waals surface area contributed by atoms with Gasteiger partial charge in [0.05, 0.1) is 11.4 Å². The summed E-state index contributed by atoms with van der Waals surface area (Å²) in [6, 6.07) is 12.5. The summed E-state index contributed by atoms with van der Waals surface area (Å²) in [4.78, 5) is 8.74. The van der Waals surface area contributed by atoms with E-state index in [-0.39, 0.29) is 5.82 Å². The first-order valence-corrected chi connectivity index (χ1v) is 6.58. The Balaban J connectivity index is 2.15. The molecule has 0 atom stereocenters. The number of aryl methyl sites for hydroxylation is 1. The van der Waals surface area contributed by atoms with E-state index in [0.29, 0.717) is 28.2 Å². The van der Waals surface area contributed by atoms with Crippen LogP contribution in [0.1, 0.15) is 5.56 Å². The zero-order valence-corrected chi connectivity index (χ0v) is 11.5. The molecule has 104 valence electrons. The van der Waals surface area contributed by atoms with Crippen molar-refractivity contribution in [3.05, 3.63) is 66.2 Å². The number of anilines is 1. The van der Waals surface area contributed by atoms with E-state index in [4.69, 9.17) is 5.73 Å². The van der Waals surface area contributed by atoms with Crippen LogP contribution in [0.15, 0.2) is 54.9 Å². The highest BCUT2D eigenvalue weighted by atomic mass is 19.1. The topological polar surface area (TPSA) is 51.8 Å². The molecule has 0 unspecified atom stereocenters. The summed E-state index contributed by atoms with van der Waals surface area (Å²) in [5.74, 6) is -0.249. The van der Waals surface area contributed by atoms with Crippen molar-refractivity contribution < 1.29 is 4.39 Å². The molecule has 2 N–H and O–H groups in total. The minimum Gasteiger partial charge on any atom is -0.399 e. The smallest absolute Gasteiger partial charge is 0.126 e. The standard InChI is InChI=1S/C17H14FN3/c1-11-2-3-13(10-15(11)18)17-16(20-8-9-21-17)12-4-6-14(19)7-5-12/h2-10H,19H2,1H3. The number of nitrogen functional groups attached to an aromatic ring is 1. The Morgan fingerprint density at radius 1 is 0.857 bits per heavy atom. The number of halogens is 1. The maximum absolute atomic E-state index is 13.8. The van der Waals surface area contributed by atoms with Gasteiger partial charge in [-0.3, -0.25) is 9.97 Å². The van der Waals surface area contributed by atoms with E-state index >= 15 is 0 Å². The molecule has 3 nitrogen and oxygen atoms in total. The van der Waals surface area contributed by atoms with Crippen molar-refractivity contribution in [3.63, 3.8) is 0 Å². The minimum atomic E-state index is -0.249. The van der Waals surface area contributed by atoms with Crippen molar-refractivity contribution in [1.82, 2.24) is 9.97 Å². The molecule has 0 fully saturated rings. The largest absolute Gasteiger partial charge is 0.399 e. The van der Waals surface area contributed by atoms with Crippen molar-refractivity contribution in [2.45, 2.75) is 6.92 Å². The summed E-state index contributed by atoms with van der Waals surface area (Å²) in [5, 5.41) is 0. The third kappa shape index (κ3) is 2.60. The van der Waals surface area contributed by atoms with Gasteiger partial charge in [-0.15, -0.1) is 0 Å². The Kier molecular flexibility index (Phi) is 3.36. The van der Waals surface area contributed by atoms with E-state index < -0.39 is 0 Å². The third-order valence-corrected chi connectivity index (χ3v) is 3.33. The van der Waals surface area contributed by atoms with E-state index in [0.717, 1.165) is 5.56 Å². The lowest BCUT2D eigenvalue weighted by Crippen LogP contribution is -1.94. The lowest BCUT2D eigenvalue weighted by atomic mass is 10.0. The first-order chi connectivity index (χ1) is 10.1. The van der Waals surface area contributed by atoms with Gasteiger partial charge in [-0.2, -0.15) is 0 Å². The lowest BCUT2D eigenvalue weighted by Gasteiger charge is -2.09. The van der Waals surface area contributed by atoms with Gasteiger partial charge in [0, 0.05) is 29.2 Å². The number of hydrogen-bond acceptors (Lipinski definition) is 3. The van der Waals surface area contributed by atoms with Crippen LogP contribution >= 0.6 is 0 Å². The van der Waals surface area contributed by atoms with Crippen molar-refractivity contribution >= 4 is 5.69 Å². The van der Waals surface area contributed by atoms with Crippen LogP contribution in [-0.4, -0.2) is 9.97 Å². The maximum atomic E-state index is 13.8. The van der Waals surface area contributed by atoms with Gasteiger partial charge in [0.1, 0.15) is 5.82 Å². The van der Waals surface area contributed by atoms with E-state index in [2.05, 4.69) is 9.97 Å². The van der Waals surface area contributed by atoms with E-state index in [1.165, 1.54) is 6.07 Å². The van der Waals surface area contributed by atoms with Crippen LogP contribution in [0, 0.1) is 12.7 Å². The van der Waals surface area contributed by atoms with E-state index in [1.54, 1.807) is 25.4 Å². The van der Waals surface area contributed by atoms with Crippen molar-refractivity contribution in [2.75, 3.05) is 5.73 Å². The summed E-state index contributed by atoms with van der Waals surface area (Å²) in [5.41, 5.74) is 9.96. The highest BCUT2D eigenvalue weighted by Gasteiger charge is 2.11. The zero-order valence-electron chi connectivity index (χ0n) is 11.5. The quantitative estimate of drug-likeness (QED) is 0.725. The zero-order chi connectivity index (χ0) is 14.8. The van der Waals surface area contributed by atoms with Crippen LogP contribution in [0.2, 0.25) is 0 Å². The van der Waals surface area contributed by atoms with E-state index in [1.807, 2.05) is 30.3 Å². The summed E-state index contributed by atoms with van der Waals surface area (Å²) < 4.78 is 13.8. The monoisotopic (exact) mass is 279 g/mol. The highest BCUT2D eigenvalue weighted by molar-refractivity contribution is 5.78. The van der Waals surface area contributed by atoms with Gasteiger partial charge < -0.3 is 5.73 Å². The Bertz CT molecular complexity index is 782. The predicted molar refractivity (Wildman–Crippen MR) is 82.0 cm³/mol. The average molecular weight is 279 g/mol. The maximum Gasteiger partial charge on any atom is 0.126 e. The van der Waals surface area contributed by atoms with Crippen molar-refractivity contribution in [3.8, 4) is 22.5 Å². The number of benzene rings is 2. The Morgan fingerprint density at radius 2 is 1.43 bits per heavy atom. The van der Waals surface area contributed by atoms with Crippen LogP contribution in [0.25, 0.3) is 22.5 Å². The fourth-order valence-electron chi connectivity index (χ4n) is 2.14. The molecule has 4 heteroatoms. The molecule has 3 aromatic rings. The number of rotatable bonds is 2. The van der Waals surface area contributed by atoms with Crippen LogP contribution in [-0.2, 0) is 0 Å². The van der Waals surface area contributed by atoms with Gasteiger partial charge in [0.25, 0.3) is 0 Å². The summed E-state index contributed by atoms with van der Waals surface area (Å²) in [6.07, 6.45) is 3.23. The summed E-state index contributed by atoms with van der Waals surface area (Å²) in [7, 11) is 0. The number of nitrogens with two attached hydrogens (primary N) is 1. The summed E-state index contributed by atoms with van der Waals surface area (Å²) in [6.45, 7) is 1.73. The molecule has 0 bridgehead atoms. The first-order valence-electron chi connectivity index (χ1n) is 6.58. The fourth-order valence-corrected chi connectivity index (χ4v) is 2.14. The predicted octanol–water partition coefficient (Wildman–Crippen LogP) is 3.84. The number of aromatic nitrogens is 2. The SMILES string of the molecule is Cc1ccc(-c2nccnc2-c2ccc(N)cc2)cc1F. The Hall–Kier alpha value is -2.75. The molecule has 0 saturated heterocycles. The van der Waals surface area contributed by atoms with Gasteiger partial charge in [-0.25, -0.2) is 4.39 Å². The molecule has 0 radical (unpaired) electrons. The van der Waals surface area contributed by atoms with Gasteiger partial charge in [-0.1, -0.05) is 24.3 Å². The van der Waals surface area contributed by atoms with Crippen LogP contribution in [0.4, 0.5) is 10.1 Å². The molecular weight excluding hydrogens is 265 g/mol. The average Bonchev–Trinajstić information content (AvgIpc) is 2.51. The van der Waals surface area contributed by atoms with Crippen LogP contribution in [0.3, 0.4) is 0 Å². The summed E-state index contributed by atoms with van der Waals surface area (Å²) >= 11 is 0. The molecule has 0 aliphatic carbocycles. The van der Waals surface area contributed by atoms with Gasteiger partial charge >= 0.3 is 0 Å². The molecule has 0 amide bonds. The molecule has 0 aliphatic rings. The Labute approximate surface area is 122 Å². The van der Waals surface area contributed by atoms with Crippen molar-refractivity contribution in [2.24, 2.45) is 0 Å². The molecule has 1 heterocycles. The first kappa shape index (κ1) is 13.2. The molecule has 0 saturated carbocycles. The lowest BCUT2D eigenvalue weighted by molar-refractivity contribution is 0.619. The molecular formula is C17H14FN3. The second kappa shape index (κ2) is 5.32. The molecule has 21 heavy (non-hydrogen) atoms. The molecule has 1 aromatic heterocycles. The van der Waals surface area contributed by atoms with Gasteiger partial charge in [0.15, 0.2) is 0 Å². The number of hydrogen-bond donors (Lipinski definition) is 1. The Morgan fingerprint density at radius 3 is 2.05 bits per heavy atom. The van der Waals surface area contributed by atoms with Crippen molar-refractivity contribution in [1.29, 1.82) is 0 Å². The molecule has 3 rings (SSSR count). The van der Waals surface area contributed by atoms with E-state index in [9.17, 15) is 4.39 Å². The minimum absolute atomic E-state index is 0.249. The number of nitrogens with zero attached hydrogens (tertiary/aromatic N) is 2. The molecule has 0 aliphatic heterocycles. The van der Waals surface area contributed by atoms with Gasteiger partial charge in [-0.05, 0) is 30.7 Å². The van der Waals surface area contributed by atoms with Crippen LogP contribution in [0.5, 0.6) is 0 Å². The second-order valence-corrected chi connectivity index (χ2v) is 4.84. The fraction of sp³-hybridized carbons (Fsp3) is 0.0588.